The van der Waals surface area contributed by atoms with Gasteiger partial charge in [0.1, 0.15) is 0 Å². The third kappa shape index (κ3) is 3.83. The summed E-state index contributed by atoms with van der Waals surface area (Å²) in [5, 5.41) is 9.58. The largest absolute Gasteiger partial charge is 0.478 e. The molecule has 3 aromatic rings. The van der Waals surface area contributed by atoms with Gasteiger partial charge in [0.2, 0.25) is 0 Å². The van der Waals surface area contributed by atoms with Gasteiger partial charge < -0.3 is 5.11 Å². The van der Waals surface area contributed by atoms with Crippen molar-refractivity contribution in [2.45, 2.75) is 9.79 Å². The van der Waals surface area contributed by atoms with Gasteiger partial charge >= 0.3 is 5.97 Å². The zero-order valence-electron chi connectivity index (χ0n) is 13.4. The molecule has 0 aliphatic rings. The number of rotatable bonds is 4. The lowest BCUT2D eigenvalue weighted by molar-refractivity contribution is 0.0697. The maximum Gasteiger partial charge on any atom is 0.335 e. The van der Waals surface area contributed by atoms with Gasteiger partial charge in [-0.15, -0.1) is 0 Å². The van der Waals surface area contributed by atoms with Crippen molar-refractivity contribution in [3.05, 3.63) is 60.2 Å². The second-order valence-corrected chi connectivity index (χ2v) is 8.53. The lowest BCUT2D eigenvalue weighted by Crippen LogP contribution is -2.01. The molecular weight excluding hydrogens is 396 g/mol. The van der Waals surface area contributed by atoms with Crippen LogP contribution in [0.15, 0.2) is 64.4 Å². The SMILES string of the molecule is O=C(O)c1ccc(-c2cc(S(=O)(=O)O)cc3ccc(S(=O)(=O)O)cc23)cc1. The van der Waals surface area contributed by atoms with Crippen LogP contribution in [0.3, 0.4) is 0 Å². The maximum atomic E-state index is 11.6. The van der Waals surface area contributed by atoms with Gasteiger partial charge in [-0.25, -0.2) is 4.79 Å². The van der Waals surface area contributed by atoms with Crippen molar-refractivity contribution in [1.82, 2.24) is 0 Å². The molecule has 0 aliphatic heterocycles. The first-order valence-electron chi connectivity index (χ1n) is 7.33. The predicted octanol–water partition coefficient (Wildman–Crippen LogP) is 2.70. The van der Waals surface area contributed by atoms with E-state index >= 15 is 0 Å². The van der Waals surface area contributed by atoms with E-state index < -0.39 is 36.0 Å². The lowest BCUT2D eigenvalue weighted by Gasteiger charge is -2.11. The number of hydrogen-bond donors (Lipinski definition) is 3. The van der Waals surface area contributed by atoms with Crippen LogP contribution in [0, 0.1) is 0 Å². The Kier molecular flexibility index (Phi) is 4.52. The third-order valence-corrected chi connectivity index (χ3v) is 5.62. The fraction of sp³-hybridized carbons (Fsp3) is 0. The van der Waals surface area contributed by atoms with E-state index in [4.69, 9.17) is 5.11 Å². The molecule has 0 unspecified atom stereocenters. The van der Waals surface area contributed by atoms with Crippen LogP contribution in [0.25, 0.3) is 21.9 Å². The van der Waals surface area contributed by atoms with Crippen LogP contribution < -0.4 is 0 Å². The highest BCUT2D eigenvalue weighted by atomic mass is 32.2. The first-order chi connectivity index (χ1) is 12.5. The summed E-state index contributed by atoms with van der Waals surface area (Å²) in [6, 6.07) is 11.3. The molecule has 0 saturated carbocycles. The van der Waals surface area contributed by atoms with Gasteiger partial charge in [-0.1, -0.05) is 18.2 Å². The monoisotopic (exact) mass is 408 g/mol. The molecule has 10 heteroatoms. The molecule has 3 N–H and O–H groups in total. The average Bonchev–Trinajstić information content (AvgIpc) is 2.58. The van der Waals surface area contributed by atoms with Gasteiger partial charge in [-0.05, 0) is 58.3 Å². The number of benzene rings is 3. The summed E-state index contributed by atoms with van der Waals surface area (Å²) in [5.41, 5.74) is 0.637. The summed E-state index contributed by atoms with van der Waals surface area (Å²) in [6.07, 6.45) is 0. The molecule has 27 heavy (non-hydrogen) atoms. The number of carboxylic acid groups (broad SMARTS) is 1. The normalized spacial score (nSPS) is 12.2. The van der Waals surface area contributed by atoms with Crippen molar-refractivity contribution in [3.63, 3.8) is 0 Å². The molecular formula is C17H12O8S2. The first-order valence-corrected chi connectivity index (χ1v) is 10.2. The van der Waals surface area contributed by atoms with Crippen molar-refractivity contribution in [2.75, 3.05) is 0 Å². The summed E-state index contributed by atoms with van der Waals surface area (Å²) < 4.78 is 64.6. The minimum absolute atomic E-state index is 0.00705. The Morgan fingerprint density at radius 3 is 1.85 bits per heavy atom. The Hall–Kier alpha value is -2.79. The Bertz CT molecular complexity index is 1270. The molecule has 8 nitrogen and oxygen atoms in total. The Morgan fingerprint density at radius 1 is 0.741 bits per heavy atom. The summed E-state index contributed by atoms with van der Waals surface area (Å²) in [6.45, 7) is 0. The third-order valence-electron chi connectivity index (χ3n) is 3.94. The topological polar surface area (TPSA) is 146 Å². The van der Waals surface area contributed by atoms with Crippen LogP contribution in [0.5, 0.6) is 0 Å². The highest BCUT2D eigenvalue weighted by Gasteiger charge is 2.17. The standard InChI is InChI=1S/C17H12O8S2/c18-17(19)11-3-1-10(2-4-11)15-9-14(27(23,24)25)7-12-5-6-13(8-16(12)15)26(20,21)22/h1-9H,(H,18,19)(H,20,21,22)(H,23,24,25). The number of aromatic carboxylic acids is 1. The second-order valence-electron chi connectivity index (χ2n) is 5.69. The number of fused-ring (bicyclic) bond motifs is 1. The summed E-state index contributed by atoms with van der Waals surface area (Å²) in [7, 11) is -9.04. The molecule has 140 valence electrons. The van der Waals surface area contributed by atoms with E-state index in [1.165, 1.54) is 36.4 Å². The van der Waals surface area contributed by atoms with Crippen LogP contribution in [0.2, 0.25) is 0 Å². The molecule has 0 bridgehead atoms. The van der Waals surface area contributed by atoms with E-state index in [2.05, 4.69) is 0 Å². The lowest BCUT2D eigenvalue weighted by atomic mass is 9.97. The predicted molar refractivity (Wildman–Crippen MR) is 96.0 cm³/mol. The number of carbonyl (C=O) groups is 1. The quantitative estimate of drug-likeness (QED) is 0.559. The summed E-state index contributed by atoms with van der Waals surface area (Å²) in [5.74, 6) is -1.15. The Morgan fingerprint density at radius 2 is 1.33 bits per heavy atom. The molecule has 0 amide bonds. The van der Waals surface area contributed by atoms with Gasteiger partial charge in [0.15, 0.2) is 0 Å². The van der Waals surface area contributed by atoms with Gasteiger partial charge in [0, 0.05) is 0 Å². The van der Waals surface area contributed by atoms with Crippen LogP contribution in [-0.2, 0) is 20.2 Å². The van der Waals surface area contributed by atoms with Crippen molar-refractivity contribution < 1.29 is 35.8 Å². The summed E-state index contributed by atoms with van der Waals surface area (Å²) in [4.78, 5) is 10.2. The van der Waals surface area contributed by atoms with Gasteiger partial charge in [-0.2, -0.15) is 16.8 Å². The van der Waals surface area contributed by atoms with E-state index in [9.17, 15) is 30.7 Å². The molecule has 0 heterocycles. The zero-order chi connectivity index (χ0) is 20.0. The molecule has 0 radical (unpaired) electrons. The maximum absolute atomic E-state index is 11.6. The van der Waals surface area contributed by atoms with Crippen molar-refractivity contribution in [1.29, 1.82) is 0 Å². The zero-order valence-corrected chi connectivity index (χ0v) is 15.0. The molecule has 0 saturated heterocycles. The first kappa shape index (κ1) is 19.0. The molecule has 3 aromatic carbocycles. The number of carboxylic acids is 1. The van der Waals surface area contributed by atoms with Crippen molar-refractivity contribution in [2.24, 2.45) is 0 Å². The van der Waals surface area contributed by atoms with Crippen LogP contribution in [-0.4, -0.2) is 37.0 Å². The molecule has 0 fully saturated rings. The van der Waals surface area contributed by atoms with Crippen LogP contribution in [0.4, 0.5) is 0 Å². The van der Waals surface area contributed by atoms with Gasteiger partial charge in [0.05, 0.1) is 15.4 Å². The molecule has 3 rings (SSSR count). The fourth-order valence-electron chi connectivity index (χ4n) is 2.65. The van der Waals surface area contributed by atoms with Crippen LogP contribution >= 0.6 is 0 Å². The molecule has 0 spiro atoms. The smallest absolute Gasteiger partial charge is 0.335 e. The van der Waals surface area contributed by atoms with E-state index in [0.29, 0.717) is 16.3 Å². The van der Waals surface area contributed by atoms with Gasteiger partial charge in [-0.3, -0.25) is 9.11 Å². The van der Waals surface area contributed by atoms with Crippen molar-refractivity contribution >= 4 is 37.0 Å². The average molecular weight is 408 g/mol. The molecule has 0 aliphatic carbocycles. The van der Waals surface area contributed by atoms with E-state index in [1.807, 2.05) is 0 Å². The Labute approximate surface area is 154 Å². The Balaban J connectivity index is 2.37. The minimum atomic E-state index is -4.55. The van der Waals surface area contributed by atoms with E-state index in [0.717, 1.165) is 18.2 Å². The molecule has 0 aromatic heterocycles. The fourth-order valence-corrected chi connectivity index (χ4v) is 3.70. The van der Waals surface area contributed by atoms with Crippen molar-refractivity contribution in [3.8, 4) is 11.1 Å². The minimum Gasteiger partial charge on any atom is -0.478 e. The van der Waals surface area contributed by atoms with E-state index in [1.54, 1.807) is 0 Å². The highest BCUT2D eigenvalue weighted by Crippen LogP contribution is 2.33. The van der Waals surface area contributed by atoms with Gasteiger partial charge in [0.25, 0.3) is 20.2 Å². The molecule has 0 atom stereocenters. The number of hydrogen-bond acceptors (Lipinski definition) is 5. The summed E-state index contributed by atoms with van der Waals surface area (Å²) >= 11 is 0. The van der Waals surface area contributed by atoms with E-state index in [-0.39, 0.29) is 11.1 Å². The van der Waals surface area contributed by atoms with Crippen LogP contribution in [0.1, 0.15) is 10.4 Å². The second kappa shape index (κ2) is 6.43. The highest BCUT2D eigenvalue weighted by molar-refractivity contribution is 7.86.